The van der Waals surface area contributed by atoms with Gasteiger partial charge in [-0.2, -0.15) is 0 Å². The number of benzene rings is 1. The fourth-order valence-electron chi connectivity index (χ4n) is 3.91. The van der Waals surface area contributed by atoms with E-state index in [9.17, 15) is 4.79 Å². The number of fused-ring (bicyclic) bond motifs is 1. The van der Waals surface area contributed by atoms with Crippen LogP contribution in [0.15, 0.2) is 24.3 Å². The monoisotopic (exact) mass is 286 g/mol. The Labute approximate surface area is 127 Å². The predicted octanol–water partition coefficient (Wildman–Crippen LogP) is 3.62. The van der Waals surface area contributed by atoms with Crippen LogP contribution in [0.1, 0.15) is 51.5 Å². The topological polar surface area (TPSA) is 32.3 Å². The maximum atomic E-state index is 13.1. The summed E-state index contributed by atoms with van der Waals surface area (Å²) in [6, 6.07) is 9.00. The molecule has 0 aromatic heterocycles. The minimum absolute atomic E-state index is 0.0216. The summed E-state index contributed by atoms with van der Waals surface area (Å²) in [5.41, 5.74) is 2.30. The number of carbonyl (C=O) groups excluding carboxylic acids is 1. The molecular weight excluding hydrogens is 260 g/mol. The molecule has 1 saturated heterocycles. The summed E-state index contributed by atoms with van der Waals surface area (Å²) in [7, 11) is 0. The van der Waals surface area contributed by atoms with Crippen molar-refractivity contribution >= 4 is 11.6 Å². The first-order valence-electron chi connectivity index (χ1n) is 8.22. The van der Waals surface area contributed by atoms with Crippen LogP contribution in [0.2, 0.25) is 0 Å². The average Bonchev–Trinajstić information content (AvgIpc) is 2.45. The Morgan fingerprint density at radius 1 is 1.19 bits per heavy atom. The van der Waals surface area contributed by atoms with E-state index in [0.717, 1.165) is 37.4 Å². The number of anilines is 1. The quantitative estimate of drug-likeness (QED) is 0.855. The number of hydrogen-bond donors (Lipinski definition) is 1. The molecule has 0 spiro atoms. The van der Waals surface area contributed by atoms with Gasteiger partial charge in [0.2, 0.25) is 5.91 Å². The molecule has 2 heterocycles. The molecule has 1 amide bonds. The second-order valence-electron chi connectivity index (χ2n) is 6.93. The van der Waals surface area contributed by atoms with Crippen molar-refractivity contribution < 1.29 is 4.79 Å². The Balaban J connectivity index is 1.85. The molecule has 3 heteroatoms. The third-order valence-electron chi connectivity index (χ3n) is 5.05. The molecule has 21 heavy (non-hydrogen) atoms. The Bertz CT molecular complexity index is 528. The standard InChI is InChI=1S/C18H26N2O/c1-12-8-9-20(14(3)10-12)18(21)16-11-13(2)19-17-7-5-4-6-15(16)17/h4-7,12-14,16,19H,8-11H2,1-3H3. The second-order valence-corrected chi connectivity index (χ2v) is 6.93. The van der Waals surface area contributed by atoms with Gasteiger partial charge >= 0.3 is 0 Å². The molecule has 3 rings (SSSR count). The molecule has 2 aliphatic heterocycles. The number of piperidine rings is 1. The molecule has 1 aromatic carbocycles. The van der Waals surface area contributed by atoms with Gasteiger partial charge in [0.25, 0.3) is 0 Å². The summed E-state index contributed by atoms with van der Waals surface area (Å²) >= 11 is 0. The molecule has 3 nitrogen and oxygen atoms in total. The molecule has 0 aliphatic carbocycles. The molecular formula is C18H26N2O. The minimum Gasteiger partial charge on any atom is -0.382 e. The van der Waals surface area contributed by atoms with Crippen molar-refractivity contribution in [3.63, 3.8) is 0 Å². The van der Waals surface area contributed by atoms with Crippen molar-refractivity contribution in [2.24, 2.45) is 5.92 Å². The molecule has 4 unspecified atom stereocenters. The average molecular weight is 286 g/mol. The minimum atomic E-state index is 0.0216. The summed E-state index contributed by atoms with van der Waals surface area (Å²) < 4.78 is 0. The van der Waals surface area contributed by atoms with Crippen LogP contribution in [-0.4, -0.2) is 29.4 Å². The molecule has 1 fully saturated rings. The maximum Gasteiger partial charge on any atom is 0.230 e. The van der Waals surface area contributed by atoms with Crippen LogP contribution >= 0.6 is 0 Å². The summed E-state index contributed by atoms with van der Waals surface area (Å²) in [4.78, 5) is 15.2. The zero-order valence-corrected chi connectivity index (χ0v) is 13.3. The fraction of sp³-hybridized carbons (Fsp3) is 0.611. The molecule has 1 aromatic rings. The predicted molar refractivity (Wildman–Crippen MR) is 86.5 cm³/mol. The number of carbonyl (C=O) groups is 1. The van der Waals surface area contributed by atoms with Crippen molar-refractivity contribution in [2.45, 2.75) is 58.0 Å². The highest BCUT2D eigenvalue weighted by molar-refractivity contribution is 5.87. The summed E-state index contributed by atoms with van der Waals surface area (Å²) in [5.74, 6) is 1.09. The van der Waals surface area contributed by atoms with Gasteiger partial charge in [-0.25, -0.2) is 0 Å². The molecule has 0 bridgehead atoms. The van der Waals surface area contributed by atoms with E-state index in [4.69, 9.17) is 0 Å². The van der Waals surface area contributed by atoms with Crippen LogP contribution < -0.4 is 5.32 Å². The third kappa shape index (κ3) is 2.78. The number of nitrogens with one attached hydrogen (secondary N) is 1. The lowest BCUT2D eigenvalue weighted by molar-refractivity contribution is -0.137. The zero-order valence-electron chi connectivity index (χ0n) is 13.3. The van der Waals surface area contributed by atoms with Gasteiger partial charge in [0, 0.05) is 24.3 Å². The molecule has 114 valence electrons. The van der Waals surface area contributed by atoms with Crippen molar-refractivity contribution in [1.29, 1.82) is 0 Å². The molecule has 2 aliphatic rings. The first kappa shape index (κ1) is 14.4. The normalized spacial score (nSPS) is 32.2. The Morgan fingerprint density at radius 2 is 1.95 bits per heavy atom. The van der Waals surface area contributed by atoms with E-state index in [1.165, 1.54) is 5.56 Å². The van der Waals surface area contributed by atoms with Crippen molar-refractivity contribution in [3.05, 3.63) is 29.8 Å². The first-order chi connectivity index (χ1) is 10.1. The van der Waals surface area contributed by atoms with E-state index in [-0.39, 0.29) is 5.92 Å². The molecule has 0 radical (unpaired) electrons. The largest absolute Gasteiger partial charge is 0.382 e. The lowest BCUT2D eigenvalue weighted by Gasteiger charge is -2.40. The van der Waals surface area contributed by atoms with E-state index >= 15 is 0 Å². The van der Waals surface area contributed by atoms with Gasteiger partial charge in [0.05, 0.1) is 5.92 Å². The third-order valence-corrected chi connectivity index (χ3v) is 5.05. The lowest BCUT2D eigenvalue weighted by Crippen LogP contribution is -2.47. The lowest BCUT2D eigenvalue weighted by atomic mass is 9.84. The van der Waals surface area contributed by atoms with Gasteiger partial charge in [-0.1, -0.05) is 25.1 Å². The number of hydrogen-bond acceptors (Lipinski definition) is 2. The number of amides is 1. The van der Waals surface area contributed by atoms with Crippen LogP contribution in [0, 0.1) is 5.92 Å². The van der Waals surface area contributed by atoms with Gasteiger partial charge in [-0.3, -0.25) is 4.79 Å². The molecule has 0 saturated carbocycles. The van der Waals surface area contributed by atoms with Crippen LogP contribution in [0.5, 0.6) is 0 Å². The smallest absolute Gasteiger partial charge is 0.230 e. The number of nitrogens with zero attached hydrogens (tertiary/aromatic N) is 1. The number of likely N-dealkylation sites (tertiary alicyclic amines) is 1. The van der Waals surface area contributed by atoms with Crippen molar-refractivity contribution in [3.8, 4) is 0 Å². The highest BCUT2D eigenvalue weighted by Crippen LogP contribution is 2.36. The van der Waals surface area contributed by atoms with E-state index < -0.39 is 0 Å². The van der Waals surface area contributed by atoms with E-state index in [0.29, 0.717) is 18.0 Å². The van der Waals surface area contributed by atoms with E-state index in [1.807, 2.05) is 12.1 Å². The number of para-hydroxylation sites is 1. The van der Waals surface area contributed by atoms with Crippen LogP contribution in [0.4, 0.5) is 5.69 Å². The number of rotatable bonds is 1. The second kappa shape index (κ2) is 5.70. The fourth-order valence-corrected chi connectivity index (χ4v) is 3.91. The maximum absolute atomic E-state index is 13.1. The highest BCUT2D eigenvalue weighted by atomic mass is 16.2. The van der Waals surface area contributed by atoms with Crippen LogP contribution in [-0.2, 0) is 4.79 Å². The molecule has 1 N–H and O–H groups in total. The van der Waals surface area contributed by atoms with Crippen molar-refractivity contribution in [1.82, 2.24) is 4.90 Å². The summed E-state index contributed by atoms with van der Waals surface area (Å²) in [6.07, 6.45) is 3.17. The van der Waals surface area contributed by atoms with Crippen molar-refractivity contribution in [2.75, 3.05) is 11.9 Å². The zero-order chi connectivity index (χ0) is 15.0. The Kier molecular flexibility index (Phi) is 3.92. The Hall–Kier alpha value is -1.51. The van der Waals surface area contributed by atoms with Crippen LogP contribution in [0.3, 0.4) is 0 Å². The van der Waals surface area contributed by atoms with Gasteiger partial charge in [0.1, 0.15) is 0 Å². The SMILES string of the molecule is CC1CCN(C(=O)C2CC(C)Nc3ccccc32)C(C)C1. The van der Waals surface area contributed by atoms with Crippen LogP contribution in [0.25, 0.3) is 0 Å². The van der Waals surface area contributed by atoms with Gasteiger partial charge in [-0.15, -0.1) is 0 Å². The van der Waals surface area contributed by atoms with Gasteiger partial charge in [-0.05, 0) is 50.7 Å². The summed E-state index contributed by atoms with van der Waals surface area (Å²) in [6.45, 7) is 7.57. The van der Waals surface area contributed by atoms with E-state index in [1.54, 1.807) is 0 Å². The van der Waals surface area contributed by atoms with E-state index in [2.05, 4.69) is 43.1 Å². The highest BCUT2D eigenvalue weighted by Gasteiger charge is 2.35. The first-order valence-corrected chi connectivity index (χ1v) is 8.22. The summed E-state index contributed by atoms with van der Waals surface area (Å²) in [5, 5.41) is 3.50. The molecule has 4 atom stereocenters. The van der Waals surface area contributed by atoms with Gasteiger partial charge < -0.3 is 10.2 Å². The Morgan fingerprint density at radius 3 is 2.71 bits per heavy atom. The van der Waals surface area contributed by atoms with Gasteiger partial charge in [0.15, 0.2) is 0 Å².